The average Bonchev–Trinajstić information content (AvgIpc) is 3.18. The molecule has 1 aromatic carbocycles. The number of esters is 1. The standard InChI is InChI=1S/C28H34N2O5S/c1-18-9-10-19(2)20(17-18)29-13-7-12-28-21(24(32)30(14-8-15-31)23(28)25(29)33)22-26(34)35-16-6-4-5-11-27(22,3)36-28/h5,7,9-12,17,21-23,31H,4,6,8,13-16H2,1-3H3/b11-5-/t21-,22-,23?,27+,28-/m0/s1. The van der Waals surface area contributed by atoms with Crippen LogP contribution in [0.2, 0.25) is 0 Å². The number of carbonyl (C=O) groups is 3. The number of hydrogen-bond acceptors (Lipinski definition) is 6. The minimum absolute atomic E-state index is 0.0854. The lowest BCUT2D eigenvalue weighted by Crippen LogP contribution is -2.53. The van der Waals surface area contributed by atoms with E-state index in [1.54, 1.807) is 21.6 Å². The molecule has 7 nitrogen and oxygen atoms in total. The molecule has 5 atom stereocenters. The van der Waals surface area contributed by atoms with Crippen LogP contribution in [0.4, 0.5) is 5.69 Å². The number of hydrogen-bond donors (Lipinski definition) is 1. The molecule has 0 aromatic heterocycles. The van der Waals surface area contributed by atoms with Gasteiger partial charge in [0, 0.05) is 30.1 Å². The lowest BCUT2D eigenvalue weighted by molar-refractivity contribution is -0.154. The highest BCUT2D eigenvalue weighted by atomic mass is 32.2. The van der Waals surface area contributed by atoms with Crippen molar-refractivity contribution in [3.8, 4) is 0 Å². The molecule has 192 valence electrons. The topological polar surface area (TPSA) is 87.2 Å². The molecule has 8 heteroatoms. The second-order valence-electron chi connectivity index (χ2n) is 10.5. The average molecular weight is 511 g/mol. The Labute approximate surface area is 216 Å². The predicted molar refractivity (Wildman–Crippen MR) is 140 cm³/mol. The molecule has 1 N–H and O–H groups in total. The number of likely N-dealkylation sites (tertiary alicyclic amines) is 1. The Morgan fingerprint density at radius 3 is 2.69 bits per heavy atom. The van der Waals surface area contributed by atoms with Crippen molar-refractivity contribution in [3.05, 3.63) is 53.6 Å². The lowest BCUT2D eigenvalue weighted by atomic mass is 9.74. The fraction of sp³-hybridized carbons (Fsp3) is 0.536. The maximum Gasteiger partial charge on any atom is 0.311 e. The van der Waals surface area contributed by atoms with Crippen molar-refractivity contribution in [1.29, 1.82) is 0 Å². The van der Waals surface area contributed by atoms with Crippen molar-refractivity contribution in [2.24, 2.45) is 11.8 Å². The van der Waals surface area contributed by atoms with Crippen LogP contribution in [-0.4, -0.2) is 69.6 Å². The van der Waals surface area contributed by atoms with Crippen molar-refractivity contribution >= 4 is 35.2 Å². The highest BCUT2D eigenvalue weighted by Gasteiger charge is 2.73. The van der Waals surface area contributed by atoms with Gasteiger partial charge in [0.05, 0.1) is 23.2 Å². The van der Waals surface area contributed by atoms with Crippen molar-refractivity contribution < 1.29 is 24.2 Å². The number of rotatable bonds is 4. The van der Waals surface area contributed by atoms with Crippen LogP contribution < -0.4 is 4.90 Å². The third kappa shape index (κ3) is 3.80. The molecule has 5 rings (SSSR count). The van der Waals surface area contributed by atoms with Gasteiger partial charge in [-0.05, 0) is 57.2 Å². The molecular formula is C28H34N2O5S. The zero-order chi connectivity index (χ0) is 25.7. The molecule has 1 unspecified atom stereocenters. The molecule has 0 bridgehead atoms. The molecule has 1 aromatic rings. The summed E-state index contributed by atoms with van der Waals surface area (Å²) in [5.74, 6) is -2.14. The Morgan fingerprint density at radius 2 is 1.92 bits per heavy atom. The maximum atomic E-state index is 14.4. The second kappa shape index (κ2) is 9.38. The first kappa shape index (κ1) is 25.1. The van der Waals surface area contributed by atoms with Gasteiger partial charge in [-0.3, -0.25) is 14.4 Å². The monoisotopic (exact) mass is 510 g/mol. The number of thioether (sulfide) groups is 1. The Hall–Kier alpha value is -2.58. The maximum absolute atomic E-state index is 14.4. The fourth-order valence-electron chi connectivity index (χ4n) is 6.34. The summed E-state index contributed by atoms with van der Waals surface area (Å²) in [6.45, 7) is 6.85. The van der Waals surface area contributed by atoms with Gasteiger partial charge in [-0.15, -0.1) is 11.8 Å². The number of allylic oxidation sites excluding steroid dienone is 1. The number of nitrogens with zero attached hydrogens (tertiary/aromatic N) is 2. The number of amides is 2. The first-order valence-electron chi connectivity index (χ1n) is 12.8. The Balaban J connectivity index is 1.65. The minimum atomic E-state index is -0.905. The van der Waals surface area contributed by atoms with E-state index in [0.29, 0.717) is 19.6 Å². The molecule has 2 saturated heterocycles. The molecule has 0 radical (unpaired) electrons. The van der Waals surface area contributed by atoms with Crippen LogP contribution >= 0.6 is 11.8 Å². The second-order valence-corrected chi connectivity index (χ2v) is 12.3. The summed E-state index contributed by atoms with van der Waals surface area (Å²) >= 11 is 1.55. The first-order chi connectivity index (χ1) is 17.2. The first-order valence-corrected chi connectivity index (χ1v) is 13.6. The molecule has 4 aliphatic rings. The smallest absolute Gasteiger partial charge is 0.311 e. The van der Waals surface area contributed by atoms with Gasteiger partial charge >= 0.3 is 5.97 Å². The number of cyclic esters (lactones) is 1. The normalized spacial score (nSPS) is 34.8. The van der Waals surface area contributed by atoms with Crippen molar-refractivity contribution in [2.45, 2.75) is 55.6 Å². The van der Waals surface area contributed by atoms with Gasteiger partial charge in [0.15, 0.2) is 0 Å². The predicted octanol–water partition coefficient (Wildman–Crippen LogP) is 3.17. The summed E-state index contributed by atoms with van der Waals surface area (Å²) < 4.78 is 4.06. The summed E-state index contributed by atoms with van der Waals surface area (Å²) in [6, 6.07) is 5.25. The SMILES string of the molecule is Cc1ccc(C)c(N2CC=C[C@]34S[C@]5(C)/C=C\CCCOC(=O)[C@@H]5[C@H]3C(=O)N(CCCO)C4C2=O)c1. The Bertz CT molecular complexity index is 1150. The van der Waals surface area contributed by atoms with Crippen LogP contribution in [0.1, 0.15) is 37.3 Å². The molecule has 36 heavy (non-hydrogen) atoms. The number of ether oxygens (including phenoxy) is 1. The largest absolute Gasteiger partial charge is 0.465 e. The number of aryl methyl sites for hydroxylation is 2. The van der Waals surface area contributed by atoms with Crippen LogP contribution in [0.25, 0.3) is 0 Å². The number of benzene rings is 1. The molecule has 2 amide bonds. The molecule has 2 fully saturated rings. The zero-order valence-electron chi connectivity index (χ0n) is 21.1. The third-order valence-corrected chi connectivity index (χ3v) is 9.76. The zero-order valence-corrected chi connectivity index (χ0v) is 21.9. The van der Waals surface area contributed by atoms with E-state index < -0.39 is 27.4 Å². The van der Waals surface area contributed by atoms with E-state index >= 15 is 0 Å². The van der Waals surface area contributed by atoms with E-state index in [1.807, 2.05) is 51.1 Å². The van der Waals surface area contributed by atoms with Crippen LogP contribution in [0.15, 0.2) is 42.5 Å². The molecule has 4 aliphatic heterocycles. The molecular weight excluding hydrogens is 476 g/mol. The Morgan fingerprint density at radius 1 is 1.11 bits per heavy atom. The van der Waals surface area contributed by atoms with Crippen LogP contribution in [0, 0.1) is 25.7 Å². The highest BCUT2D eigenvalue weighted by Crippen LogP contribution is 2.65. The summed E-state index contributed by atoms with van der Waals surface area (Å²) in [5, 5.41) is 9.56. The molecule has 0 saturated carbocycles. The lowest BCUT2D eigenvalue weighted by Gasteiger charge is -2.37. The highest BCUT2D eigenvalue weighted by molar-refractivity contribution is 8.02. The number of anilines is 1. The van der Waals surface area contributed by atoms with Crippen molar-refractivity contribution in [1.82, 2.24) is 4.90 Å². The molecule has 0 aliphatic carbocycles. The summed E-state index contributed by atoms with van der Waals surface area (Å²) in [4.78, 5) is 45.3. The Kier molecular flexibility index (Phi) is 6.53. The molecule has 1 spiro atoms. The van der Waals surface area contributed by atoms with E-state index in [9.17, 15) is 19.5 Å². The summed E-state index contributed by atoms with van der Waals surface area (Å²) in [6.07, 6.45) is 10.0. The number of carbonyl (C=O) groups excluding carboxylic acids is 3. The fourth-order valence-corrected chi connectivity index (χ4v) is 8.49. The van der Waals surface area contributed by atoms with Gasteiger partial charge < -0.3 is 19.6 Å². The van der Waals surface area contributed by atoms with Gasteiger partial charge in [-0.2, -0.15) is 0 Å². The van der Waals surface area contributed by atoms with Crippen LogP contribution in [0.3, 0.4) is 0 Å². The van der Waals surface area contributed by atoms with E-state index in [2.05, 4.69) is 12.2 Å². The van der Waals surface area contributed by atoms with E-state index in [0.717, 1.165) is 29.7 Å². The van der Waals surface area contributed by atoms with Crippen LogP contribution in [-0.2, 0) is 19.1 Å². The van der Waals surface area contributed by atoms with Gasteiger partial charge in [0.1, 0.15) is 6.04 Å². The van der Waals surface area contributed by atoms with Gasteiger partial charge in [0.2, 0.25) is 5.91 Å². The quantitative estimate of drug-likeness (QED) is 0.495. The third-order valence-electron chi connectivity index (χ3n) is 7.96. The van der Waals surface area contributed by atoms with Gasteiger partial charge in [-0.1, -0.05) is 36.4 Å². The summed E-state index contributed by atoms with van der Waals surface area (Å²) in [5.41, 5.74) is 2.86. The van der Waals surface area contributed by atoms with E-state index in [-0.39, 0.29) is 30.9 Å². The minimum Gasteiger partial charge on any atom is -0.465 e. The van der Waals surface area contributed by atoms with Gasteiger partial charge in [0.25, 0.3) is 5.91 Å². The number of fused-ring (bicyclic) bond motifs is 2. The molecule has 4 heterocycles. The van der Waals surface area contributed by atoms with E-state index in [1.165, 1.54) is 0 Å². The van der Waals surface area contributed by atoms with E-state index in [4.69, 9.17) is 4.74 Å². The number of aliphatic hydroxyl groups excluding tert-OH is 1. The van der Waals surface area contributed by atoms with Crippen molar-refractivity contribution in [3.63, 3.8) is 0 Å². The van der Waals surface area contributed by atoms with Gasteiger partial charge in [-0.25, -0.2) is 0 Å². The summed E-state index contributed by atoms with van der Waals surface area (Å²) in [7, 11) is 0. The van der Waals surface area contributed by atoms with Crippen LogP contribution in [0.5, 0.6) is 0 Å². The number of aliphatic hydroxyl groups is 1. The van der Waals surface area contributed by atoms with Crippen molar-refractivity contribution in [2.75, 3.05) is 31.2 Å².